The molecule has 8 nitrogen and oxygen atoms in total. The van der Waals surface area contributed by atoms with Gasteiger partial charge >= 0.3 is 6.18 Å². The zero-order chi connectivity index (χ0) is 22.5. The molecule has 1 heterocycles. The summed E-state index contributed by atoms with van der Waals surface area (Å²) in [5.41, 5.74) is -0.381. The highest BCUT2D eigenvalue weighted by atomic mass is 35.5. The van der Waals surface area contributed by atoms with Crippen molar-refractivity contribution in [2.45, 2.75) is 13.1 Å². The Labute approximate surface area is 175 Å². The van der Waals surface area contributed by atoms with Gasteiger partial charge in [0.25, 0.3) is 5.91 Å². The highest BCUT2D eigenvalue weighted by Gasteiger charge is 2.35. The molecule has 30 heavy (non-hydrogen) atoms. The standard InChI is InChI=1S/C18H20ClF3N6O2/c1-10(29)23-6-7-24-15-12(18(20,21)22)9-25-17(27-15)26-14-5-4-11(8-13(14)19)16(30)28(2)3/h4-5,8-9H,6-7H2,1-3H3,(H,23,29)(H2,24,25,26,27). The zero-order valence-electron chi connectivity index (χ0n) is 16.4. The Morgan fingerprint density at radius 2 is 1.90 bits per heavy atom. The Hall–Kier alpha value is -3.08. The summed E-state index contributed by atoms with van der Waals surface area (Å²) in [5, 5.41) is 7.92. The SMILES string of the molecule is CC(=O)NCCNc1nc(Nc2ccc(C(=O)N(C)C)cc2Cl)ncc1C(F)(F)F. The second-order valence-corrected chi connectivity index (χ2v) is 6.79. The number of halogens is 4. The minimum absolute atomic E-state index is 0.0290. The first kappa shape index (κ1) is 23.2. The van der Waals surface area contributed by atoms with Crippen molar-refractivity contribution in [1.29, 1.82) is 0 Å². The molecular weight excluding hydrogens is 425 g/mol. The molecule has 0 aliphatic heterocycles. The van der Waals surface area contributed by atoms with Crippen LogP contribution in [-0.2, 0) is 11.0 Å². The van der Waals surface area contributed by atoms with Crippen LogP contribution in [0.3, 0.4) is 0 Å². The first-order chi connectivity index (χ1) is 14.0. The number of rotatable bonds is 7. The number of benzene rings is 1. The molecule has 0 aliphatic rings. The fraction of sp³-hybridized carbons (Fsp3) is 0.333. The van der Waals surface area contributed by atoms with Crippen LogP contribution in [0.5, 0.6) is 0 Å². The molecule has 2 amide bonds. The van der Waals surface area contributed by atoms with E-state index in [0.717, 1.165) is 0 Å². The van der Waals surface area contributed by atoms with Crippen molar-refractivity contribution in [2.24, 2.45) is 0 Å². The number of hydrogen-bond acceptors (Lipinski definition) is 6. The van der Waals surface area contributed by atoms with Gasteiger partial charge in [-0.1, -0.05) is 11.6 Å². The molecule has 0 bridgehead atoms. The maximum Gasteiger partial charge on any atom is 0.421 e. The normalized spacial score (nSPS) is 11.0. The number of carbonyl (C=O) groups excluding carboxylic acids is 2. The topological polar surface area (TPSA) is 99.2 Å². The van der Waals surface area contributed by atoms with Gasteiger partial charge in [-0.3, -0.25) is 9.59 Å². The predicted octanol–water partition coefficient (Wildman–Crippen LogP) is 3.14. The lowest BCUT2D eigenvalue weighted by Crippen LogP contribution is -2.27. The first-order valence-electron chi connectivity index (χ1n) is 8.70. The summed E-state index contributed by atoms with van der Waals surface area (Å²) in [4.78, 5) is 31.8. The molecule has 0 spiro atoms. The maximum absolute atomic E-state index is 13.2. The van der Waals surface area contributed by atoms with Crippen molar-refractivity contribution in [1.82, 2.24) is 20.2 Å². The number of aromatic nitrogens is 2. The molecule has 0 saturated heterocycles. The molecule has 1 aromatic heterocycles. The molecule has 0 radical (unpaired) electrons. The lowest BCUT2D eigenvalue weighted by atomic mass is 10.2. The summed E-state index contributed by atoms with van der Waals surface area (Å²) < 4.78 is 39.7. The van der Waals surface area contributed by atoms with Gasteiger partial charge < -0.3 is 20.9 Å². The average Bonchev–Trinajstić information content (AvgIpc) is 2.65. The lowest BCUT2D eigenvalue weighted by Gasteiger charge is -2.16. The van der Waals surface area contributed by atoms with Crippen LogP contribution in [0, 0.1) is 0 Å². The molecule has 12 heteroatoms. The summed E-state index contributed by atoms with van der Waals surface area (Å²) in [7, 11) is 3.19. The summed E-state index contributed by atoms with van der Waals surface area (Å²) in [6, 6.07) is 4.46. The number of amides is 2. The number of hydrogen-bond donors (Lipinski definition) is 3. The molecule has 0 fully saturated rings. The highest BCUT2D eigenvalue weighted by Crippen LogP contribution is 2.34. The van der Waals surface area contributed by atoms with Gasteiger partial charge in [-0.15, -0.1) is 0 Å². The summed E-state index contributed by atoms with van der Waals surface area (Å²) in [6.45, 7) is 1.45. The minimum Gasteiger partial charge on any atom is -0.368 e. The molecule has 3 N–H and O–H groups in total. The van der Waals surface area contributed by atoms with E-state index in [2.05, 4.69) is 25.9 Å². The first-order valence-corrected chi connectivity index (χ1v) is 9.07. The molecule has 162 valence electrons. The van der Waals surface area contributed by atoms with E-state index in [9.17, 15) is 22.8 Å². The fourth-order valence-corrected chi connectivity index (χ4v) is 2.56. The van der Waals surface area contributed by atoms with Crippen LogP contribution in [0.2, 0.25) is 5.02 Å². The maximum atomic E-state index is 13.2. The van der Waals surface area contributed by atoms with Gasteiger partial charge in [0.05, 0.1) is 10.7 Å². The Morgan fingerprint density at radius 1 is 1.20 bits per heavy atom. The number of alkyl halides is 3. The Balaban J connectivity index is 2.24. The van der Waals surface area contributed by atoms with Crippen molar-refractivity contribution in [3.8, 4) is 0 Å². The van der Waals surface area contributed by atoms with Crippen molar-refractivity contribution in [3.05, 3.63) is 40.5 Å². The quantitative estimate of drug-likeness (QED) is 0.567. The summed E-state index contributed by atoms with van der Waals surface area (Å²) >= 11 is 6.18. The van der Waals surface area contributed by atoms with Gasteiger partial charge in [-0.05, 0) is 18.2 Å². The van der Waals surface area contributed by atoms with Crippen molar-refractivity contribution >= 4 is 40.9 Å². The van der Waals surface area contributed by atoms with E-state index in [1.807, 2.05) is 0 Å². The van der Waals surface area contributed by atoms with E-state index >= 15 is 0 Å². The van der Waals surface area contributed by atoms with Crippen LogP contribution in [0.4, 0.5) is 30.6 Å². The van der Waals surface area contributed by atoms with E-state index < -0.39 is 17.6 Å². The number of carbonyl (C=O) groups is 2. The third-order valence-electron chi connectivity index (χ3n) is 3.75. The highest BCUT2D eigenvalue weighted by molar-refractivity contribution is 6.33. The van der Waals surface area contributed by atoms with Crippen LogP contribution in [0.1, 0.15) is 22.8 Å². The van der Waals surface area contributed by atoms with E-state index in [0.29, 0.717) is 17.4 Å². The Kier molecular flexibility index (Phi) is 7.43. The fourth-order valence-electron chi connectivity index (χ4n) is 2.33. The molecule has 1 aromatic carbocycles. The van der Waals surface area contributed by atoms with Crippen LogP contribution in [0.25, 0.3) is 0 Å². The molecule has 2 rings (SSSR count). The molecule has 2 aromatic rings. The average molecular weight is 445 g/mol. The zero-order valence-corrected chi connectivity index (χ0v) is 17.1. The number of nitrogens with one attached hydrogen (secondary N) is 3. The van der Waals surface area contributed by atoms with Gasteiger partial charge in [-0.2, -0.15) is 18.2 Å². The number of nitrogens with zero attached hydrogens (tertiary/aromatic N) is 3. The molecule has 0 aliphatic carbocycles. The van der Waals surface area contributed by atoms with Gasteiger partial charge in [-0.25, -0.2) is 4.98 Å². The van der Waals surface area contributed by atoms with Crippen molar-refractivity contribution < 1.29 is 22.8 Å². The minimum atomic E-state index is -4.67. The summed E-state index contributed by atoms with van der Waals surface area (Å²) in [5.74, 6) is -1.12. The van der Waals surface area contributed by atoms with Gasteiger partial charge in [0.1, 0.15) is 11.4 Å². The van der Waals surface area contributed by atoms with E-state index in [1.54, 1.807) is 14.1 Å². The third-order valence-corrected chi connectivity index (χ3v) is 4.07. The molecule has 0 saturated carbocycles. The largest absolute Gasteiger partial charge is 0.421 e. The van der Waals surface area contributed by atoms with E-state index in [1.165, 1.54) is 30.0 Å². The molecule has 0 atom stereocenters. The monoisotopic (exact) mass is 444 g/mol. The Morgan fingerprint density at radius 3 is 2.47 bits per heavy atom. The lowest BCUT2D eigenvalue weighted by molar-refractivity contribution is -0.137. The Bertz CT molecular complexity index is 937. The second kappa shape index (κ2) is 9.61. The van der Waals surface area contributed by atoms with Gasteiger partial charge in [0, 0.05) is 45.9 Å². The number of anilines is 3. The van der Waals surface area contributed by atoms with Crippen LogP contribution in [0.15, 0.2) is 24.4 Å². The smallest absolute Gasteiger partial charge is 0.368 e. The van der Waals surface area contributed by atoms with Gasteiger partial charge in [0.15, 0.2) is 0 Å². The molecule has 0 unspecified atom stereocenters. The van der Waals surface area contributed by atoms with Crippen LogP contribution >= 0.6 is 11.6 Å². The van der Waals surface area contributed by atoms with Crippen LogP contribution < -0.4 is 16.0 Å². The predicted molar refractivity (Wildman–Crippen MR) is 107 cm³/mol. The van der Waals surface area contributed by atoms with E-state index in [-0.39, 0.29) is 35.9 Å². The summed E-state index contributed by atoms with van der Waals surface area (Å²) in [6.07, 6.45) is -4.02. The molecular formula is C18H20ClF3N6O2. The van der Waals surface area contributed by atoms with Crippen molar-refractivity contribution in [2.75, 3.05) is 37.8 Å². The second-order valence-electron chi connectivity index (χ2n) is 6.38. The van der Waals surface area contributed by atoms with Gasteiger partial charge in [0.2, 0.25) is 11.9 Å². The van der Waals surface area contributed by atoms with E-state index in [4.69, 9.17) is 11.6 Å². The van der Waals surface area contributed by atoms with Crippen LogP contribution in [-0.4, -0.2) is 53.9 Å². The van der Waals surface area contributed by atoms with Crippen molar-refractivity contribution in [3.63, 3.8) is 0 Å². The third kappa shape index (κ3) is 6.21.